The fourth-order valence-corrected chi connectivity index (χ4v) is 3.73. The van der Waals surface area contributed by atoms with Crippen LogP contribution in [0, 0.1) is 0 Å². The van der Waals surface area contributed by atoms with E-state index in [4.69, 9.17) is 12.2 Å². The fraction of sp³-hybridized carbons (Fsp3) is 0.111. The van der Waals surface area contributed by atoms with Crippen LogP contribution < -0.4 is 4.90 Å². The minimum atomic E-state index is -0.149. The van der Waals surface area contributed by atoms with E-state index in [1.54, 1.807) is 29.2 Å². The van der Waals surface area contributed by atoms with Crippen molar-refractivity contribution < 1.29 is 9.90 Å². The van der Waals surface area contributed by atoms with E-state index in [0.29, 0.717) is 14.8 Å². The molecular weight excluding hydrogens is 326 g/mol. The van der Waals surface area contributed by atoms with Gasteiger partial charge in [0.25, 0.3) is 5.91 Å². The average Bonchev–Trinajstić information content (AvgIpc) is 2.83. The van der Waals surface area contributed by atoms with Gasteiger partial charge in [-0.25, -0.2) is 0 Å². The molecule has 1 amide bonds. The molecule has 2 aromatic carbocycles. The van der Waals surface area contributed by atoms with Crippen molar-refractivity contribution in [3.8, 4) is 5.75 Å². The van der Waals surface area contributed by atoms with Crippen LogP contribution in [0.2, 0.25) is 0 Å². The molecule has 0 radical (unpaired) electrons. The van der Waals surface area contributed by atoms with Gasteiger partial charge < -0.3 is 5.11 Å². The second-order valence-corrected chi connectivity index (χ2v) is 6.73. The SMILES string of the molecule is CCc1ccccc1N1C(=O)C(=Cc2ccccc2O)SC1=S. The highest BCUT2D eigenvalue weighted by Gasteiger charge is 2.34. The van der Waals surface area contributed by atoms with E-state index in [0.717, 1.165) is 17.7 Å². The van der Waals surface area contributed by atoms with E-state index in [1.165, 1.54) is 11.8 Å². The minimum Gasteiger partial charge on any atom is -0.507 e. The molecule has 1 heterocycles. The number of hydrogen-bond acceptors (Lipinski definition) is 4. The van der Waals surface area contributed by atoms with Crippen LogP contribution in [0.5, 0.6) is 5.75 Å². The molecule has 116 valence electrons. The summed E-state index contributed by atoms with van der Waals surface area (Å²) in [5, 5.41) is 9.88. The third kappa shape index (κ3) is 3.02. The molecule has 0 unspecified atom stereocenters. The largest absolute Gasteiger partial charge is 0.507 e. The van der Waals surface area contributed by atoms with Gasteiger partial charge in [-0.15, -0.1) is 0 Å². The summed E-state index contributed by atoms with van der Waals surface area (Å²) in [7, 11) is 0. The van der Waals surface area contributed by atoms with Gasteiger partial charge in [-0.3, -0.25) is 9.69 Å². The summed E-state index contributed by atoms with van der Waals surface area (Å²) in [6.07, 6.45) is 2.51. The van der Waals surface area contributed by atoms with Crippen molar-refractivity contribution in [2.45, 2.75) is 13.3 Å². The van der Waals surface area contributed by atoms with Crippen molar-refractivity contribution in [1.82, 2.24) is 0 Å². The Hall–Kier alpha value is -2.11. The van der Waals surface area contributed by atoms with Crippen LogP contribution in [0.1, 0.15) is 18.1 Å². The second kappa shape index (κ2) is 6.56. The molecule has 0 spiro atoms. The van der Waals surface area contributed by atoms with Crippen LogP contribution in [0.25, 0.3) is 6.08 Å². The predicted octanol–water partition coefficient (Wildman–Crippen LogP) is 4.36. The molecule has 0 saturated carbocycles. The van der Waals surface area contributed by atoms with Gasteiger partial charge in [0.2, 0.25) is 0 Å². The highest BCUT2D eigenvalue weighted by Crippen LogP contribution is 2.38. The van der Waals surface area contributed by atoms with Crippen LogP contribution in [0.3, 0.4) is 0 Å². The lowest BCUT2D eigenvalue weighted by Gasteiger charge is -2.18. The summed E-state index contributed by atoms with van der Waals surface area (Å²) >= 11 is 6.66. The first-order valence-corrected chi connectivity index (χ1v) is 8.48. The second-order valence-electron chi connectivity index (χ2n) is 5.06. The number of phenolic OH excluding ortho intramolecular Hbond substituents is 1. The Balaban J connectivity index is 1.99. The number of aryl methyl sites for hydroxylation is 1. The summed E-state index contributed by atoms with van der Waals surface area (Å²) in [6.45, 7) is 2.05. The summed E-state index contributed by atoms with van der Waals surface area (Å²) in [5.74, 6) is -0.00382. The molecule has 0 aromatic heterocycles. The first kappa shape index (κ1) is 15.8. The number of rotatable bonds is 3. The Labute approximate surface area is 144 Å². The van der Waals surface area contributed by atoms with Crippen LogP contribution >= 0.6 is 24.0 Å². The third-order valence-corrected chi connectivity index (χ3v) is 4.93. The van der Waals surface area contributed by atoms with Crippen LogP contribution in [-0.2, 0) is 11.2 Å². The third-order valence-electron chi connectivity index (χ3n) is 3.63. The van der Waals surface area contributed by atoms with Crippen molar-refractivity contribution in [2.75, 3.05) is 4.90 Å². The van der Waals surface area contributed by atoms with E-state index in [-0.39, 0.29) is 11.7 Å². The number of hydrogen-bond donors (Lipinski definition) is 1. The molecule has 1 aliphatic rings. The normalized spacial score (nSPS) is 16.4. The minimum absolute atomic E-state index is 0.145. The lowest BCUT2D eigenvalue weighted by atomic mass is 10.1. The zero-order chi connectivity index (χ0) is 16.4. The van der Waals surface area contributed by atoms with Gasteiger partial charge in [-0.1, -0.05) is 67.3 Å². The molecule has 2 aromatic rings. The first-order chi connectivity index (χ1) is 11.1. The van der Waals surface area contributed by atoms with Crippen molar-refractivity contribution in [2.24, 2.45) is 0 Å². The molecule has 1 N–H and O–H groups in total. The number of benzene rings is 2. The standard InChI is InChI=1S/C18H15NO2S2/c1-2-12-7-3-5-9-14(12)19-17(21)16(23-18(19)22)11-13-8-4-6-10-15(13)20/h3-11,20H,2H2,1H3. The molecule has 23 heavy (non-hydrogen) atoms. The summed E-state index contributed by atoms with van der Waals surface area (Å²) < 4.78 is 0.512. The molecule has 0 aliphatic carbocycles. The summed E-state index contributed by atoms with van der Waals surface area (Å²) in [6, 6.07) is 14.7. The number of aromatic hydroxyl groups is 1. The zero-order valence-electron chi connectivity index (χ0n) is 12.5. The van der Waals surface area contributed by atoms with E-state index in [1.807, 2.05) is 37.3 Å². The molecule has 1 fully saturated rings. The molecule has 5 heteroatoms. The van der Waals surface area contributed by atoms with Gasteiger partial charge in [-0.05, 0) is 30.2 Å². The zero-order valence-corrected chi connectivity index (χ0v) is 14.2. The van der Waals surface area contributed by atoms with Crippen molar-refractivity contribution in [3.63, 3.8) is 0 Å². The van der Waals surface area contributed by atoms with E-state index >= 15 is 0 Å². The van der Waals surface area contributed by atoms with Crippen molar-refractivity contribution >= 4 is 46.0 Å². The fourth-order valence-electron chi connectivity index (χ4n) is 2.45. The molecule has 3 rings (SSSR count). The van der Waals surface area contributed by atoms with Gasteiger partial charge in [-0.2, -0.15) is 0 Å². The van der Waals surface area contributed by atoms with Crippen molar-refractivity contribution in [3.05, 3.63) is 64.6 Å². The summed E-state index contributed by atoms with van der Waals surface area (Å²) in [5.41, 5.74) is 2.52. The van der Waals surface area contributed by atoms with Gasteiger partial charge in [0.05, 0.1) is 10.6 Å². The lowest BCUT2D eigenvalue weighted by molar-refractivity contribution is -0.113. The Morgan fingerprint density at radius 2 is 1.87 bits per heavy atom. The quantitative estimate of drug-likeness (QED) is 0.665. The molecule has 1 saturated heterocycles. The van der Waals surface area contributed by atoms with Gasteiger partial charge in [0.1, 0.15) is 5.75 Å². The van der Waals surface area contributed by atoms with Gasteiger partial charge in [0.15, 0.2) is 4.32 Å². The highest BCUT2D eigenvalue weighted by atomic mass is 32.2. The van der Waals surface area contributed by atoms with Crippen molar-refractivity contribution in [1.29, 1.82) is 0 Å². The molecule has 0 atom stereocenters. The van der Waals surface area contributed by atoms with Gasteiger partial charge in [0, 0.05) is 5.56 Å². The Morgan fingerprint density at radius 3 is 2.61 bits per heavy atom. The Bertz CT molecular complexity index is 814. The van der Waals surface area contributed by atoms with Crippen LogP contribution in [-0.4, -0.2) is 15.3 Å². The number of carbonyl (C=O) groups is 1. The Kier molecular flexibility index (Phi) is 4.50. The summed E-state index contributed by atoms with van der Waals surface area (Å²) in [4.78, 5) is 14.9. The number of carbonyl (C=O) groups excluding carboxylic acids is 1. The number of nitrogens with zero attached hydrogens (tertiary/aromatic N) is 1. The predicted molar refractivity (Wildman–Crippen MR) is 99.6 cm³/mol. The number of phenols is 1. The smallest absolute Gasteiger partial charge is 0.270 e. The van der Waals surface area contributed by atoms with E-state index in [9.17, 15) is 9.90 Å². The topological polar surface area (TPSA) is 40.5 Å². The lowest BCUT2D eigenvalue weighted by Crippen LogP contribution is -2.28. The molecular formula is C18H15NO2S2. The number of amides is 1. The van der Waals surface area contributed by atoms with Gasteiger partial charge >= 0.3 is 0 Å². The maximum atomic E-state index is 12.8. The number of thiocarbonyl (C=S) groups is 1. The molecule has 0 bridgehead atoms. The van der Waals surface area contributed by atoms with Crippen LogP contribution in [0.15, 0.2) is 53.4 Å². The molecule has 1 aliphatic heterocycles. The number of para-hydroxylation sites is 2. The van der Waals surface area contributed by atoms with E-state index in [2.05, 4.69) is 0 Å². The monoisotopic (exact) mass is 341 g/mol. The highest BCUT2D eigenvalue weighted by molar-refractivity contribution is 8.27. The van der Waals surface area contributed by atoms with Crippen LogP contribution in [0.4, 0.5) is 5.69 Å². The Morgan fingerprint density at radius 1 is 1.17 bits per heavy atom. The maximum Gasteiger partial charge on any atom is 0.270 e. The first-order valence-electron chi connectivity index (χ1n) is 7.25. The van der Waals surface area contributed by atoms with E-state index < -0.39 is 0 Å². The average molecular weight is 341 g/mol. The molecule has 3 nitrogen and oxygen atoms in total. The number of thioether (sulfide) groups is 1. The number of anilines is 1. The maximum absolute atomic E-state index is 12.8.